The first-order valence-electron chi connectivity index (χ1n) is 8.18. The molecule has 2 saturated carbocycles. The highest BCUT2D eigenvalue weighted by atomic mass is 16.4. The van der Waals surface area contributed by atoms with Crippen LogP contribution in [-0.2, 0) is 17.8 Å². The summed E-state index contributed by atoms with van der Waals surface area (Å²) in [5.74, 6) is 0.847. The zero-order valence-electron chi connectivity index (χ0n) is 12.5. The van der Waals surface area contributed by atoms with Crippen LogP contribution in [0.5, 0.6) is 0 Å². The van der Waals surface area contributed by atoms with Gasteiger partial charge in [0.1, 0.15) is 0 Å². The molecule has 0 amide bonds. The molecule has 0 atom stereocenters. The molecule has 2 aliphatic carbocycles. The van der Waals surface area contributed by atoms with E-state index in [1.807, 2.05) is 0 Å². The van der Waals surface area contributed by atoms with E-state index in [1.165, 1.54) is 25.7 Å². The van der Waals surface area contributed by atoms with Crippen molar-refractivity contribution in [2.45, 2.75) is 70.8 Å². The maximum atomic E-state index is 11.8. The molecule has 1 N–H and O–H groups in total. The second-order valence-corrected chi connectivity index (χ2v) is 6.75. The first-order valence-corrected chi connectivity index (χ1v) is 8.18. The van der Waals surface area contributed by atoms with Gasteiger partial charge in [-0.25, -0.2) is 4.68 Å². The molecule has 2 aliphatic rings. The van der Waals surface area contributed by atoms with Crippen molar-refractivity contribution in [3.63, 3.8) is 0 Å². The molecular weight excluding hydrogens is 268 g/mol. The fraction of sp³-hybridized carbons (Fsp3) is 0.867. The van der Waals surface area contributed by atoms with Crippen LogP contribution in [0.15, 0.2) is 0 Å². The fourth-order valence-electron chi connectivity index (χ4n) is 3.92. The molecule has 116 valence electrons. The molecule has 2 fully saturated rings. The maximum absolute atomic E-state index is 11.8. The lowest BCUT2D eigenvalue weighted by Crippen LogP contribution is -2.38. The second kappa shape index (κ2) is 6.12. The summed E-state index contributed by atoms with van der Waals surface area (Å²) in [6.45, 7) is 0.428. The van der Waals surface area contributed by atoms with Crippen molar-refractivity contribution in [2.75, 3.05) is 0 Å². The molecule has 1 aromatic rings. The molecule has 1 aromatic heterocycles. The summed E-state index contributed by atoms with van der Waals surface area (Å²) in [4.78, 5) is 11.8. The Hall–Kier alpha value is -1.46. The third-order valence-corrected chi connectivity index (χ3v) is 5.27. The van der Waals surface area contributed by atoms with E-state index in [4.69, 9.17) is 0 Å². The summed E-state index contributed by atoms with van der Waals surface area (Å²) in [6.07, 6.45) is 10.6. The van der Waals surface area contributed by atoms with Crippen LogP contribution in [0.3, 0.4) is 0 Å². The molecule has 6 heteroatoms. The van der Waals surface area contributed by atoms with E-state index in [-0.39, 0.29) is 0 Å². The van der Waals surface area contributed by atoms with Crippen LogP contribution in [0.1, 0.15) is 63.6 Å². The summed E-state index contributed by atoms with van der Waals surface area (Å²) < 4.78 is 1.76. The standard InChI is InChI=1S/C15H24N4O2/c20-14(21)15(8-4-1-5-9-15)11-19-13(16-17-18-19)10-12-6-2-3-7-12/h12H,1-11H2,(H,20,21). The molecule has 0 radical (unpaired) electrons. The SMILES string of the molecule is O=C(O)C1(Cn2nnnc2CC2CCCC2)CCCCC1. The van der Waals surface area contributed by atoms with Crippen molar-refractivity contribution in [1.29, 1.82) is 0 Å². The first kappa shape index (κ1) is 14.5. The first-order chi connectivity index (χ1) is 10.2. The molecule has 0 aliphatic heterocycles. The predicted octanol–water partition coefficient (Wildman–Crippen LogP) is 2.44. The Morgan fingerprint density at radius 2 is 1.90 bits per heavy atom. The molecule has 3 rings (SSSR count). The van der Waals surface area contributed by atoms with Gasteiger partial charge in [-0.05, 0) is 29.2 Å². The number of aliphatic carboxylic acids is 1. The summed E-state index contributed by atoms with van der Waals surface area (Å²) in [7, 11) is 0. The van der Waals surface area contributed by atoms with Crippen molar-refractivity contribution in [2.24, 2.45) is 11.3 Å². The van der Waals surface area contributed by atoms with Gasteiger partial charge in [0.05, 0.1) is 12.0 Å². The molecule has 21 heavy (non-hydrogen) atoms. The van der Waals surface area contributed by atoms with E-state index >= 15 is 0 Å². The van der Waals surface area contributed by atoms with Crippen LogP contribution in [0, 0.1) is 11.3 Å². The van der Waals surface area contributed by atoms with E-state index in [0.29, 0.717) is 12.5 Å². The lowest BCUT2D eigenvalue weighted by molar-refractivity contribution is -0.152. The smallest absolute Gasteiger partial charge is 0.311 e. The summed E-state index contributed by atoms with van der Waals surface area (Å²) in [5, 5.41) is 21.7. The summed E-state index contributed by atoms with van der Waals surface area (Å²) in [6, 6.07) is 0. The average molecular weight is 292 g/mol. The van der Waals surface area contributed by atoms with Gasteiger partial charge < -0.3 is 5.11 Å². The van der Waals surface area contributed by atoms with Crippen LogP contribution in [0.4, 0.5) is 0 Å². The van der Waals surface area contributed by atoms with Gasteiger partial charge in [-0.3, -0.25) is 4.79 Å². The predicted molar refractivity (Wildman–Crippen MR) is 76.6 cm³/mol. The minimum Gasteiger partial charge on any atom is -0.481 e. The molecule has 1 heterocycles. The lowest BCUT2D eigenvalue weighted by atomic mass is 9.74. The van der Waals surface area contributed by atoms with Crippen LogP contribution in [-0.4, -0.2) is 31.3 Å². The van der Waals surface area contributed by atoms with Gasteiger partial charge >= 0.3 is 5.97 Å². The van der Waals surface area contributed by atoms with Gasteiger partial charge in [0, 0.05) is 6.42 Å². The van der Waals surface area contributed by atoms with Crippen LogP contribution < -0.4 is 0 Å². The number of hydrogen-bond donors (Lipinski definition) is 1. The monoisotopic (exact) mass is 292 g/mol. The van der Waals surface area contributed by atoms with Gasteiger partial charge in [0.15, 0.2) is 5.82 Å². The van der Waals surface area contributed by atoms with Gasteiger partial charge in [-0.2, -0.15) is 0 Å². The van der Waals surface area contributed by atoms with Crippen LogP contribution in [0.25, 0.3) is 0 Å². The zero-order valence-corrected chi connectivity index (χ0v) is 12.5. The molecule has 0 bridgehead atoms. The van der Waals surface area contributed by atoms with E-state index in [9.17, 15) is 9.90 Å². The number of tetrazole rings is 1. The van der Waals surface area contributed by atoms with Crippen molar-refractivity contribution < 1.29 is 9.90 Å². The molecule has 0 unspecified atom stereocenters. The Morgan fingerprint density at radius 3 is 2.57 bits per heavy atom. The van der Waals surface area contributed by atoms with E-state index in [2.05, 4.69) is 15.5 Å². The Kier molecular flexibility index (Phi) is 4.22. The Labute approximate surface area is 124 Å². The number of carboxylic acid groups (broad SMARTS) is 1. The number of nitrogens with zero attached hydrogens (tertiary/aromatic N) is 4. The Bertz CT molecular complexity index is 488. The van der Waals surface area contributed by atoms with Crippen LogP contribution in [0.2, 0.25) is 0 Å². The molecule has 0 spiro atoms. The zero-order chi connectivity index (χ0) is 14.7. The third-order valence-electron chi connectivity index (χ3n) is 5.27. The molecule has 0 aromatic carbocycles. The van der Waals surface area contributed by atoms with Crippen LogP contribution >= 0.6 is 0 Å². The van der Waals surface area contributed by atoms with Crippen molar-refractivity contribution in [3.8, 4) is 0 Å². The van der Waals surface area contributed by atoms with E-state index < -0.39 is 11.4 Å². The minimum absolute atomic E-state index is 0.428. The fourth-order valence-corrected chi connectivity index (χ4v) is 3.92. The van der Waals surface area contributed by atoms with Gasteiger partial charge in [0.25, 0.3) is 0 Å². The van der Waals surface area contributed by atoms with Gasteiger partial charge in [-0.1, -0.05) is 44.9 Å². The quantitative estimate of drug-likeness (QED) is 0.901. The molecule has 6 nitrogen and oxygen atoms in total. The Morgan fingerprint density at radius 1 is 1.19 bits per heavy atom. The number of carbonyl (C=O) groups is 1. The number of aromatic nitrogens is 4. The Balaban J connectivity index is 1.74. The number of hydrogen-bond acceptors (Lipinski definition) is 4. The topological polar surface area (TPSA) is 80.9 Å². The van der Waals surface area contributed by atoms with Gasteiger partial charge in [-0.15, -0.1) is 5.10 Å². The number of carboxylic acids is 1. The number of rotatable bonds is 5. The highest BCUT2D eigenvalue weighted by Gasteiger charge is 2.41. The molecular formula is C15H24N4O2. The largest absolute Gasteiger partial charge is 0.481 e. The van der Waals surface area contributed by atoms with Crippen molar-refractivity contribution >= 4 is 5.97 Å². The summed E-state index contributed by atoms with van der Waals surface area (Å²) in [5.41, 5.74) is -0.669. The lowest BCUT2D eigenvalue weighted by Gasteiger charge is -2.33. The third kappa shape index (κ3) is 3.09. The highest BCUT2D eigenvalue weighted by Crippen LogP contribution is 2.38. The normalized spacial score (nSPS) is 22.5. The molecule has 0 saturated heterocycles. The maximum Gasteiger partial charge on any atom is 0.311 e. The van der Waals surface area contributed by atoms with E-state index in [0.717, 1.165) is 44.3 Å². The average Bonchev–Trinajstić information content (AvgIpc) is 3.13. The van der Waals surface area contributed by atoms with Crippen molar-refractivity contribution in [3.05, 3.63) is 5.82 Å². The minimum atomic E-state index is -0.690. The highest BCUT2D eigenvalue weighted by molar-refractivity contribution is 5.74. The summed E-state index contributed by atoms with van der Waals surface area (Å²) >= 11 is 0. The van der Waals surface area contributed by atoms with Crippen molar-refractivity contribution in [1.82, 2.24) is 20.2 Å². The van der Waals surface area contributed by atoms with Gasteiger partial charge in [0.2, 0.25) is 0 Å². The van der Waals surface area contributed by atoms with E-state index in [1.54, 1.807) is 4.68 Å². The second-order valence-electron chi connectivity index (χ2n) is 6.75.